The van der Waals surface area contributed by atoms with E-state index in [0.717, 1.165) is 13.1 Å². The molecule has 0 unspecified atom stereocenters. The number of nitrogens with zero attached hydrogens (tertiary/aromatic N) is 1. The van der Waals surface area contributed by atoms with E-state index in [1.807, 2.05) is 11.8 Å². The molecule has 0 heterocycles. The Bertz CT molecular complexity index is 279. The predicted molar refractivity (Wildman–Crippen MR) is 75.6 cm³/mol. The first-order valence-corrected chi connectivity index (χ1v) is 7.28. The van der Waals surface area contributed by atoms with Crippen LogP contribution in [0.4, 0.5) is 0 Å². The fourth-order valence-corrected chi connectivity index (χ4v) is 2.58. The Kier molecular flexibility index (Phi) is 8.14. The number of likely N-dealkylation sites (N-methyl/N-ethyl adjacent to an activating group) is 1. The lowest BCUT2D eigenvalue weighted by atomic mass is 10.2. The molecule has 0 aliphatic heterocycles. The number of benzene rings is 1. The first-order chi connectivity index (χ1) is 8.33. The first kappa shape index (κ1) is 14.6. The van der Waals surface area contributed by atoms with Gasteiger partial charge < -0.3 is 10.0 Å². The summed E-state index contributed by atoms with van der Waals surface area (Å²) in [6, 6.07) is 10.6. The van der Waals surface area contributed by atoms with Gasteiger partial charge in [0.2, 0.25) is 0 Å². The molecule has 0 atom stereocenters. The molecule has 0 spiro atoms. The Morgan fingerprint density at radius 1 is 1.06 bits per heavy atom. The lowest BCUT2D eigenvalue weighted by Gasteiger charge is -2.14. The highest BCUT2D eigenvalue weighted by molar-refractivity contribution is 7.99. The second-order valence-corrected chi connectivity index (χ2v) is 5.42. The van der Waals surface area contributed by atoms with Crippen molar-refractivity contribution in [1.29, 1.82) is 0 Å². The summed E-state index contributed by atoms with van der Waals surface area (Å²) in [7, 11) is 2.06. The molecular weight excluding hydrogens is 230 g/mol. The molecule has 2 nitrogen and oxygen atoms in total. The van der Waals surface area contributed by atoms with Crippen LogP contribution in [0.25, 0.3) is 0 Å². The topological polar surface area (TPSA) is 23.5 Å². The van der Waals surface area contributed by atoms with Gasteiger partial charge in [-0.05, 0) is 44.3 Å². The number of thioether (sulfide) groups is 1. The predicted octanol–water partition coefficient (Wildman–Crippen LogP) is 2.87. The van der Waals surface area contributed by atoms with Gasteiger partial charge in [-0.15, -0.1) is 11.8 Å². The van der Waals surface area contributed by atoms with E-state index in [4.69, 9.17) is 5.11 Å². The Morgan fingerprint density at radius 3 is 2.53 bits per heavy atom. The molecule has 0 fully saturated rings. The van der Waals surface area contributed by atoms with Gasteiger partial charge in [0.25, 0.3) is 0 Å². The fourth-order valence-electron chi connectivity index (χ4n) is 1.65. The van der Waals surface area contributed by atoms with E-state index in [2.05, 4.69) is 42.3 Å². The minimum absolute atomic E-state index is 0.264. The molecule has 1 rings (SSSR count). The summed E-state index contributed by atoms with van der Waals surface area (Å²) in [5.74, 6) is 1.20. The maximum Gasteiger partial charge on any atom is 0.0558 e. The Labute approximate surface area is 109 Å². The molecule has 0 aromatic heterocycles. The van der Waals surface area contributed by atoms with Gasteiger partial charge in [-0.3, -0.25) is 0 Å². The Morgan fingerprint density at radius 2 is 1.82 bits per heavy atom. The zero-order valence-corrected chi connectivity index (χ0v) is 11.5. The lowest BCUT2D eigenvalue weighted by molar-refractivity contribution is 0.219. The van der Waals surface area contributed by atoms with Crippen molar-refractivity contribution in [2.75, 3.05) is 32.5 Å². The number of rotatable bonds is 9. The third-order valence-electron chi connectivity index (χ3n) is 2.68. The summed E-state index contributed by atoms with van der Waals surface area (Å²) in [5.41, 5.74) is 0. The maximum atomic E-state index is 8.76. The van der Waals surface area contributed by atoms with Crippen LogP contribution in [0.1, 0.15) is 19.3 Å². The smallest absolute Gasteiger partial charge is 0.0558 e. The van der Waals surface area contributed by atoms with Crippen LogP contribution < -0.4 is 0 Å². The molecule has 0 bridgehead atoms. The van der Waals surface area contributed by atoms with Crippen LogP contribution in [-0.4, -0.2) is 42.5 Å². The lowest BCUT2D eigenvalue weighted by Crippen LogP contribution is -2.23. The summed E-state index contributed by atoms with van der Waals surface area (Å²) in [6.45, 7) is 2.15. The van der Waals surface area contributed by atoms with Gasteiger partial charge in [-0.2, -0.15) is 0 Å². The normalized spacial score (nSPS) is 11.0. The van der Waals surface area contributed by atoms with E-state index >= 15 is 0 Å². The highest BCUT2D eigenvalue weighted by Crippen LogP contribution is 2.18. The van der Waals surface area contributed by atoms with Crippen molar-refractivity contribution in [2.24, 2.45) is 0 Å². The third kappa shape index (κ3) is 7.42. The first-order valence-electron chi connectivity index (χ1n) is 6.30. The molecule has 1 N–H and O–H groups in total. The number of hydrogen-bond acceptors (Lipinski definition) is 3. The van der Waals surface area contributed by atoms with Crippen LogP contribution >= 0.6 is 11.8 Å². The van der Waals surface area contributed by atoms with Crippen molar-refractivity contribution < 1.29 is 5.11 Å². The highest BCUT2D eigenvalue weighted by atomic mass is 32.2. The van der Waals surface area contributed by atoms with E-state index in [1.54, 1.807) is 0 Å². The quantitative estimate of drug-likeness (QED) is 0.541. The van der Waals surface area contributed by atoms with Crippen LogP contribution in [0.2, 0.25) is 0 Å². The molecule has 17 heavy (non-hydrogen) atoms. The number of hydrogen-bond donors (Lipinski definition) is 1. The van der Waals surface area contributed by atoms with Crippen LogP contribution in [-0.2, 0) is 0 Å². The molecule has 0 aliphatic carbocycles. The van der Waals surface area contributed by atoms with Gasteiger partial charge in [0, 0.05) is 11.4 Å². The summed E-state index contributed by atoms with van der Waals surface area (Å²) in [6.07, 6.45) is 3.77. The zero-order valence-electron chi connectivity index (χ0n) is 10.6. The van der Waals surface area contributed by atoms with Gasteiger partial charge in [-0.25, -0.2) is 0 Å². The van der Waals surface area contributed by atoms with Crippen molar-refractivity contribution in [3.05, 3.63) is 30.3 Å². The van der Waals surface area contributed by atoms with Crippen molar-refractivity contribution in [3.8, 4) is 0 Å². The molecule has 0 saturated carbocycles. The van der Waals surface area contributed by atoms with E-state index in [0.29, 0.717) is 0 Å². The molecule has 0 radical (unpaired) electrons. The molecule has 1 aromatic rings. The van der Waals surface area contributed by atoms with Gasteiger partial charge in [0.15, 0.2) is 0 Å². The number of aliphatic hydroxyl groups excluding tert-OH is 1. The molecular formula is C14H23NOS. The summed E-state index contributed by atoms with van der Waals surface area (Å²) in [4.78, 5) is 3.55. The van der Waals surface area contributed by atoms with Crippen molar-refractivity contribution in [3.63, 3.8) is 0 Å². The number of aliphatic hydroxyl groups is 1. The van der Waals surface area contributed by atoms with Crippen molar-refractivity contribution in [2.45, 2.75) is 24.2 Å². The molecule has 3 heteroatoms. The van der Waals surface area contributed by atoms with Gasteiger partial charge in [0.05, 0.1) is 6.61 Å². The van der Waals surface area contributed by atoms with Crippen molar-refractivity contribution in [1.82, 2.24) is 4.90 Å². The summed E-state index contributed by atoms with van der Waals surface area (Å²) < 4.78 is 0. The average Bonchev–Trinajstić information content (AvgIpc) is 2.35. The molecule has 96 valence electrons. The summed E-state index contributed by atoms with van der Waals surface area (Å²) in [5, 5.41) is 8.76. The Hall–Kier alpha value is -0.510. The van der Waals surface area contributed by atoms with Crippen LogP contribution in [0.3, 0.4) is 0 Å². The van der Waals surface area contributed by atoms with E-state index < -0.39 is 0 Å². The zero-order chi connectivity index (χ0) is 12.3. The van der Waals surface area contributed by atoms with Crippen LogP contribution in [0.15, 0.2) is 35.2 Å². The van der Waals surface area contributed by atoms with E-state index in [-0.39, 0.29) is 6.61 Å². The minimum Gasteiger partial charge on any atom is -0.395 e. The standard InChI is InChI=1S/C14H23NOS/c1-15(11-12-16)10-6-3-7-13-17-14-8-4-2-5-9-14/h2,4-5,8-9,16H,3,6-7,10-13H2,1H3. The maximum absolute atomic E-state index is 8.76. The monoisotopic (exact) mass is 253 g/mol. The molecule has 0 saturated heterocycles. The fraction of sp³-hybridized carbons (Fsp3) is 0.571. The average molecular weight is 253 g/mol. The third-order valence-corrected chi connectivity index (χ3v) is 3.78. The largest absolute Gasteiger partial charge is 0.395 e. The second kappa shape index (κ2) is 9.51. The highest BCUT2D eigenvalue weighted by Gasteiger charge is 1.97. The molecule has 0 aliphatic rings. The molecule has 0 amide bonds. The second-order valence-electron chi connectivity index (χ2n) is 4.25. The summed E-state index contributed by atoms with van der Waals surface area (Å²) >= 11 is 1.94. The van der Waals surface area contributed by atoms with Gasteiger partial charge in [-0.1, -0.05) is 24.6 Å². The van der Waals surface area contributed by atoms with Crippen LogP contribution in [0.5, 0.6) is 0 Å². The van der Waals surface area contributed by atoms with Crippen LogP contribution in [0, 0.1) is 0 Å². The van der Waals surface area contributed by atoms with Gasteiger partial charge >= 0.3 is 0 Å². The van der Waals surface area contributed by atoms with E-state index in [1.165, 1.54) is 29.9 Å². The minimum atomic E-state index is 0.264. The van der Waals surface area contributed by atoms with Crippen molar-refractivity contribution >= 4 is 11.8 Å². The SMILES string of the molecule is CN(CCO)CCCCCSc1ccccc1. The van der Waals surface area contributed by atoms with Gasteiger partial charge in [0.1, 0.15) is 0 Å². The Balaban J connectivity index is 1.95. The van der Waals surface area contributed by atoms with E-state index in [9.17, 15) is 0 Å². The number of unbranched alkanes of at least 4 members (excludes halogenated alkanes) is 2. The molecule has 1 aromatic carbocycles.